The van der Waals surface area contributed by atoms with E-state index in [1.807, 2.05) is 19.1 Å². The largest absolute Gasteiger partial charge is 0.481 e. The highest BCUT2D eigenvalue weighted by molar-refractivity contribution is 5.67. The molecule has 5 nitrogen and oxygen atoms in total. The number of carboxylic acids is 1. The van der Waals surface area contributed by atoms with Crippen LogP contribution in [0, 0.1) is 23.7 Å². The number of aliphatic carboxylic acids is 1. The predicted octanol–water partition coefficient (Wildman–Crippen LogP) is 0.782. The number of hydrogen-bond donors (Lipinski definition) is 4. The molecule has 2 rings (SSSR count). The SMILES string of the molecule is CCC=CC[C@H](O)[C@H](O)C1C2CC(O)C(CC(=O)O)C21. The van der Waals surface area contributed by atoms with Crippen LogP contribution in [0.15, 0.2) is 12.2 Å². The zero-order valence-corrected chi connectivity index (χ0v) is 11.7. The van der Waals surface area contributed by atoms with Gasteiger partial charge in [-0.25, -0.2) is 0 Å². The Morgan fingerprint density at radius 1 is 1.35 bits per heavy atom. The van der Waals surface area contributed by atoms with Gasteiger partial charge >= 0.3 is 5.97 Å². The van der Waals surface area contributed by atoms with Crippen molar-refractivity contribution in [3.8, 4) is 0 Å². The zero-order chi connectivity index (χ0) is 14.9. The molecule has 0 heterocycles. The smallest absolute Gasteiger partial charge is 0.303 e. The lowest BCUT2D eigenvalue weighted by Gasteiger charge is -2.23. The van der Waals surface area contributed by atoms with Crippen molar-refractivity contribution < 1.29 is 25.2 Å². The van der Waals surface area contributed by atoms with E-state index in [-0.39, 0.29) is 30.1 Å². The summed E-state index contributed by atoms with van der Waals surface area (Å²) in [5.41, 5.74) is 0. The molecule has 7 atom stereocenters. The van der Waals surface area contributed by atoms with Crippen LogP contribution in [0.25, 0.3) is 0 Å². The molecular formula is C15H24O5. The molecule has 2 aliphatic carbocycles. The van der Waals surface area contributed by atoms with Crippen LogP contribution in [0.1, 0.15) is 32.6 Å². The summed E-state index contributed by atoms with van der Waals surface area (Å²) < 4.78 is 0. The minimum Gasteiger partial charge on any atom is -0.481 e. The Bertz CT molecular complexity index is 380. The van der Waals surface area contributed by atoms with Gasteiger partial charge in [-0.05, 0) is 42.9 Å². The number of rotatable bonds is 7. The first-order chi connectivity index (χ1) is 9.47. The van der Waals surface area contributed by atoms with Gasteiger partial charge in [0.15, 0.2) is 0 Å². The van der Waals surface area contributed by atoms with Gasteiger partial charge in [-0.2, -0.15) is 0 Å². The first-order valence-electron chi connectivity index (χ1n) is 7.38. The number of carboxylic acid groups (broad SMARTS) is 1. The van der Waals surface area contributed by atoms with Crippen LogP contribution in [0.3, 0.4) is 0 Å². The maximum atomic E-state index is 10.8. The van der Waals surface area contributed by atoms with Crippen molar-refractivity contribution in [2.24, 2.45) is 23.7 Å². The van der Waals surface area contributed by atoms with Crippen LogP contribution >= 0.6 is 0 Å². The molecule has 2 aliphatic rings. The van der Waals surface area contributed by atoms with Gasteiger partial charge in [0.1, 0.15) is 0 Å². The number of aliphatic hydroxyl groups excluding tert-OH is 3. The Morgan fingerprint density at radius 2 is 2.05 bits per heavy atom. The van der Waals surface area contributed by atoms with Crippen molar-refractivity contribution in [2.45, 2.75) is 50.9 Å². The lowest BCUT2D eigenvalue weighted by Crippen LogP contribution is -2.32. The number of fused-ring (bicyclic) bond motifs is 1. The number of hydrogen-bond acceptors (Lipinski definition) is 4. The third-order valence-corrected chi connectivity index (χ3v) is 4.77. The van der Waals surface area contributed by atoms with E-state index in [0.29, 0.717) is 12.8 Å². The molecule has 5 unspecified atom stereocenters. The summed E-state index contributed by atoms with van der Waals surface area (Å²) in [5, 5.41) is 38.9. The molecule has 0 aromatic heterocycles. The molecule has 5 heteroatoms. The Labute approximate surface area is 118 Å². The monoisotopic (exact) mass is 284 g/mol. The molecule has 0 amide bonds. The van der Waals surface area contributed by atoms with Crippen LogP contribution in [-0.4, -0.2) is 44.7 Å². The molecule has 2 fully saturated rings. The number of aliphatic hydroxyl groups is 3. The van der Waals surface area contributed by atoms with E-state index in [1.165, 1.54) is 0 Å². The van der Waals surface area contributed by atoms with E-state index in [9.17, 15) is 20.1 Å². The summed E-state index contributed by atoms with van der Waals surface area (Å²) >= 11 is 0. The maximum absolute atomic E-state index is 10.8. The molecule has 0 radical (unpaired) electrons. The van der Waals surface area contributed by atoms with E-state index < -0.39 is 24.3 Å². The van der Waals surface area contributed by atoms with Crippen LogP contribution in [0.2, 0.25) is 0 Å². The second-order valence-corrected chi connectivity index (χ2v) is 6.06. The van der Waals surface area contributed by atoms with E-state index in [4.69, 9.17) is 5.11 Å². The first kappa shape index (κ1) is 15.5. The van der Waals surface area contributed by atoms with Crippen molar-refractivity contribution in [1.29, 1.82) is 0 Å². The minimum absolute atomic E-state index is 0.0425. The van der Waals surface area contributed by atoms with E-state index in [0.717, 1.165) is 6.42 Å². The Morgan fingerprint density at radius 3 is 2.65 bits per heavy atom. The molecule has 2 saturated carbocycles. The van der Waals surface area contributed by atoms with Crippen molar-refractivity contribution in [2.75, 3.05) is 0 Å². The average molecular weight is 284 g/mol. The van der Waals surface area contributed by atoms with Gasteiger partial charge in [-0.3, -0.25) is 4.79 Å². The van der Waals surface area contributed by atoms with Crippen LogP contribution < -0.4 is 0 Å². The van der Waals surface area contributed by atoms with Crippen LogP contribution in [0.5, 0.6) is 0 Å². The number of allylic oxidation sites excluding steroid dienone is 1. The molecule has 0 aromatic carbocycles. The summed E-state index contributed by atoms with van der Waals surface area (Å²) in [7, 11) is 0. The lowest BCUT2D eigenvalue weighted by molar-refractivity contribution is -0.139. The lowest BCUT2D eigenvalue weighted by atomic mass is 9.90. The fourth-order valence-corrected chi connectivity index (χ4v) is 3.81. The molecule has 114 valence electrons. The maximum Gasteiger partial charge on any atom is 0.303 e. The van der Waals surface area contributed by atoms with Crippen molar-refractivity contribution in [3.05, 3.63) is 12.2 Å². The highest BCUT2D eigenvalue weighted by atomic mass is 16.4. The standard InChI is InChI=1S/C15H24O5/c1-2-3-4-5-10(16)15(20)14-9-6-11(17)8(13(9)14)7-12(18)19/h3-4,8-11,13-17,20H,2,5-7H2,1H3,(H,18,19)/t8?,9?,10-,11?,13?,14?,15-/m0/s1. The minimum atomic E-state index is -0.915. The fraction of sp³-hybridized carbons (Fsp3) is 0.800. The first-order valence-corrected chi connectivity index (χ1v) is 7.38. The molecule has 0 bridgehead atoms. The third kappa shape index (κ3) is 3.05. The topological polar surface area (TPSA) is 98.0 Å². The van der Waals surface area contributed by atoms with Crippen molar-refractivity contribution in [3.63, 3.8) is 0 Å². The summed E-state index contributed by atoms with van der Waals surface area (Å²) in [5.74, 6) is -1.06. The Kier molecular flexibility index (Phi) is 4.83. The van der Waals surface area contributed by atoms with Crippen molar-refractivity contribution >= 4 is 5.97 Å². The summed E-state index contributed by atoms with van der Waals surface area (Å²) in [6.07, 6.45) is 3.38. The van der Waals surface area contributed by atoms with Crippen molar-refractivity contribution in [1.82, 2.24) is 0 Å². The summed E-state index contributed by atoms with van der Waals surface area (Å²) in [6, 6.07) is 0. The highest BCUT2D eigenvalue weighted by Crippen LogP contribution is 2.63. The van der Waals surface area contributed by atoms with Crippen LogP contribution in [-0.2, 0) is 4.79 Å². The highest BCUT2D eigenvalue weighted by Gasteiger charge is 2.64. The van der Waals surface area contributed by atoms with Gasteiger partial charge in [0, 0.05) is 0 Å². The molecule has 4 N–H and O–H groups in total. The van der Waals surface area contributed by atoms with Gasteiger partial charge in [0.05, 0.1) is 24.7 Å². The molecule has 0 saturated heterocycles. The second kappa shape index (κ2) is 6.24. The molecule has 0 aromatic rings. The van der Waals surface area contributed by atoms with Gasteiger partial charge in [-0.15, -0.1) is 0 Å². The Balaban J connectivity index is 1.89. The normalized spacial score (nSPS) is 38.7. The third-order valence-electron chi connectivity index (χ3n) is 4.77. The summed E-state index contributed by atoms with van der Waals surface area (Å²) in [4.78, 5) is 10.8. The molecule has 0 spiro atoms. The average Bonchev–Trinajstić information content (AvgIpc) is 2.99. The van der Waals surface area contributed by atoms with E-state index >= 15 is 0 Å². The predicted molar refractivity (Wildman–Crippen MR) is 72.9 cm³/mol. The quantitative estimate of drug-likeness (QED) is 0.518. The van der Waals surface area contributed by atoms with Crippen LogP contribution in [0.4, 0.5) is 0 Å². The van der Waals surface area contributed by atoms with E-state index in [2.05, 4.69) is 0 Å². The Hall–Kier alpha value is -0.910. The van der Waals surface area contributed by atoms with E-state index in [1.54, 1.807) is 0 Å². The fourth-order valence-electron chi connectivity index (χ4n) is 3.81. The molecule has 20 heavy (non-hydrogen) atoms. The van der Waals surface area contributed by atoms with Gasteiger partial charge in [-0.1, -0.05) is 19.1 Å². The number of carbonyl (C=O) groups is 1. The second-order valence-electron chi connectivity index (χ2n) is 6.06. The molecule has 0 aliphatic heterocycles. The molecular weight excluding hydrogens is 260 g/mol. The van der Waals surface area contributed by atoms with Gasteiger partial charge < -0.3 is 20.4 Å². The zero-order valence-electron chi connectivity index (χ0n) is 11.7. The summed E-state index contributed by atoms with van der Waals surface area (Å²) in [6.45, 7) is 2.00. The van der Waals surface area contributed by atoms with Gasteiger partial charge in [0.25, 0.3) is 0 Å². The van der Waals surface area contributed by atoms with Gasteiger partial charge in [0.2, 0.25) is 0 Å².